The summed E-state index contributed by atoms with van der Waals surface area (Å²) in [5.41, 5.74) is 1.68. The molecule has 0 aliphatic rings. The van der Waals surface area contributed by atoms with Gasteiger partial charge >= 0.3 is 5.97 Å². The lowest BCUT2D eigenvalue weighted by molar-refractivity contribution is 0.0693. The molecule has 4 rings (SSSR count). The number of aromatic carboxylic acids is 1. The van der Waals surface area contributed by atoms with Gasteiger partial charge in [0.25, 0.3) is 0 Å². The minimum atomic E-state index is -1.34. The highest BCUT2D eigenvalue weighted by molar-refractivity contribution is 6.32. The van der Waals surface area contributed by atoms with Crippen molar-refractivity contribution in [3.05, 3.63) is 117 Å². The van der Waals surface area contributed by atoms with E-state index >= 15 is 0 Å². The molecule has 1 heterocycles. The molecule has 8 heteroatoms. The smallest absolute Gasteiger partial charge is 0.341 e. The maximum absolute atomic E-state index is 12.8. The van der Waals surface area contributed by atoms with Crippen molar-refractivity contribution in [2.45, 2.75) is 33.1 Å². The molecule has 3 aromatic carbocycles. The second-order valence-corrected chi connectivity index (χ2v) is 9.88. The number of aliphatic hydroxyl groups is 1. The summed E-state index contributed by atoms with van der Waals surface area (Å²) in [6.45, 7) is 4.07. The molecule has 2 N–H and O–H groups in total. The Balaban J connectivity index is 1.85. The Morgan fingerprint density at radius 1 is 0.897 bits per heavy atom. The molecule has 0 unspecified atom stereocenters. The van der Waals surface area contributed by atoms with Crippen LogP contribution in [0.1, 0.15) is 41.4 Å². The maximum atomic E-state index is 12.8. The lowest BCUT2D eigenvalue weighted by Gasteiger charge is -2.27. The number of aromatic nitrogens is 1. The Morgan fingerprint density at radius 2 is 1.46 bits per heavy atom. The number of carboxylic acid groups (broad SMARTS) is 1. The molecule has 0 amide bonds. The van der Waals surface area contributed by atoms with Crippen LogP contribution < -0.4 is 14.9 Å². The van der Waals surface area contributed by atoms with Gasteiger partial charge in [-0.25, -0.2) is 4.79 Å². The Morgan fingerprint density at radius 3 is 1.97 bits per heavy atom. The van der Waals surface area contributed by atoms with E-state index in [1.165, 1.54) is 12.3 Å². The largest absolute Gasteiger partial charge is 0.488 e. The summed E-state index contributed by atoms with van der Waals surface area (Å²) in [5, 5.41) is 20.1. The van der Waals surface area contributed by atoms with Crippen molar-refractivity contribution in [3.8, 4) is 22.8 Å². The van der Waals surface area contributed by atoms with Crippen LogP contribution in [0.25, 0.3) is 11.3 Å². The van der Waals surface area contributed by atoms with E-state index in [0.717, 1.165) is 11.1 Å². The molecule has 202 valence electrons. The number of hydrogen-bond donors (Lipinski definition) is 2. The number of carboxylic acids is 1. The molecule has 1 aromatic heterocycles. The second-order valence-electron chi connectivity index (χ2n) is 9.47. The predicted molar refractivity (Wildman–Crippen MR) is 151 cm³/mol. The SMILES string of the molecule is CC(C)[C@H](CO)n1cc(C(=O)O)c(=O)cc1-c1cc(Cl)c(OCc2ccccc2)cc1OCc1ccccc1. The van der Waals surface area contributed by atoms with E-state index in [4.69, 9.17) is 21.1 Å². The number of nitrogens with zero attached hydrogens (tertiary/aromatic N) is 1. The fraction of sp³-hybridized carbons (Fsp3) is 0.226. The van der Waals surface area contributed by atoms with E-state index in [-0.39, 0.29) is 25.7 Å². The van der Waals surface area contributed by atoms with E-state index in [2.05, 4.69) is 0 Å². The molecule has 0 radical (unpaired) electrons. The summed E-state index contributed by atoms with van der Waals surface area (Å²) in [4.78, 5) is 24.6. The first-order valence-corrected chi connectivity index (χ1v) is 12.9. The molecule has 0 fully saturated rings. The van der Waals surface area contributed by atoms with Crippen molar-refractivity contribution in [2.24, 2.45) is 5.92 Å². The van der Waals surface area contributed by atoms with E-state index in [9.17, 15) is 19.8 Å². The summed E-state index contributed by atoms with van der Waals surface area (Å²) >= 11 is 6.67. The van der Waals surface area contributed by atoms with Gasteiger partial charge in [0.15, 0.2) is 5.43 Å². The monoisotopic (exact) mass is 547 g/mol. The van der Waals surface area contributed by atoms with Gasteiger partial charge in [0.2, 0.25) is 0 Å². The fourth-order valence-corrected chi connectivity index (χ4v) is 4.47. The molecular formula is C31H30ClNO6. The molecule has 0 saturated carbocycles. The number of rotatable bonds is 11. The molecule has 1 atom stereocenters. The van der Waals surface area contributed by atoms with Crippen molar-refractivity contribution in [2.75, 3.05) is 6.61 Å². The van der Waals surface area contributed by atoms with E-state index in [1.54, 1.807) is 16.7 Å². The maximum Gasteiger partial charge on any atom is 0.341 e. The molecular weight excluding hydrogens is 518 g/mol. The highest BCUT2D eigenvalue weighted by Gasteiger charge is 2.24. The van der Waals surface area contributed by atoms with Crippen LogP contribution in [-0.2, 0) is 13.2 Å². The minimum absolute atomic E-state index is 0.0736. The van der Waals surface area contributed by atoms with Crippen LogP contribution in [0.3, 0.4) is 0 Å². The zero-order valence-electron chi connectivity index (χ0n) is 21.7. The highest BCUT2D eigenvalue weighted by Crippen LogP contribution is 2.40. The van der Waals surface area contributed by atoms with Crippen molar-refractivity contribution in [1.82, 2.24) is 4.57 Å². The van der Waals surface area contributed by atoms with Crippen LogP contribution in [0.4, 0.5) is 0 Å². The Hall–Kier alpha value is -4.07. The highest BCUT2D eigenvalue weighted by atomic mass is 35.5. The Bertz CT molecular complexity index is 1480. The van der Waals surface area contributed by atoms with Crippen molar-refractivity contribution in [1.29, 1.82) is 0 Å². The third-order valence-corrected chi connectivity index (χ3v) is 6.70. The Kier molecular flexibility index (Phi) is 9.07. The number of ether oxygens (including phenoxy) is 2. The molecule has 39 heavy (non-hydrogen) atoms. The van der Waals surface area contributed by atoms with E-state index in [0.29, 0.717) is 27.8 Å². The van der Waals surface area contributed by atoms with Crippen LogP contribution in [-0.4, -0.2) is 27.4 Å². The van der Waals surface area contributed by atoms with Crippen molar-refractivity contribution >= 4 is 17.6 Å². The van der Waals surface area contributed by atoms with Gasteiger partial charge in [0, 0.05) is 23.9 Å². The first-order valence-electron chi connectivity index (χ1n) is 12.6. The summed E-state index contributed by atoms with van der Waals surface area (Å²) in [5.74, 6) is -0.631. The topological polar surface area (TPSA) is 98.0 Å². The van der Waals surface area contributed by atoms with Crippen LogP contribution in [0.5, 0.6) is 11.5 Å². The second kappa shape index (κ2) is 12.7. The first-order chi connectivity index (χ1) is 18.8. The van der Waals surface area contributed by atoms with Gasteiger partial charge < -0.3 is 24.3 Å². The summed E-state index contributed by atoms with van der Waals surface area (Å²) < 4.78 is 13.9. The number of aliphatic hydroxyl groups excluding tert-OH is 1. The fourth-order valence-electron chi connectivity index (χ4n) is 4.26. The number of halogens is 1. The molecule has 4 aromatic rings. The standard InChI is InChI=1S/C31H30ClNO6/c1-20(2)27(17-34)33-16-24(31(36)37)28(35)14-26(33)23-13-25(32)30(39-19-22-11-7-4-8-12-22)15-29(23)38-18-21-9-5-3-6-10-21/h3-16,20,27,34H,17-19H2,1-2H3,(H,36,37)/t27-/m0/s1. The zero-order valence-corrected chi connectivity index (χ0v) is 22.5. The minimum Gasteiger partial charge on any atom is -0.488 e. The zero-order chi connectivity index (χ0) is 27.9. The average molecular weight is 548 g/mol. The van der Waals surface area contributed by atoms with Crippen LogP contribution >= 0.6 is 11.6 Å². The third-order valence-electron chi connectivity index (χ3n) is 6.41. The molecule has 7 nitrogen and oxygen atoms in total. The van der Waals surface area contributed by atoms with Gasteiger partial charge in [-0.05, 0) is 23.1 Å². The molecule has 0 saturated heterocycles. The van der Waals surface area contributed by atoms with Crippen molar-refractivity contribution in [3.63, 3.8) is 0 Å². The van der Waals surface area contributed by atoms with Gasteiger partial charge in [-0.1, -0.05) is 86.1 Å². The molecule has 0 aliphatic carbocycles. The van der Waals surface area contributed by atoms with Crippen LogP contribution in [0.15, 0.2) is 89.9 Å². The average Bonchev–Trinajstić information content (AvgIpc) is 2.93. The number of carbonyl (C=O) groups is 1. The first kappa shape index (κ1) is 28.0. The van der Waals surface area contributed by atoms with Crippen molar-refractivity contribution < 1.29 is 24.5 Å². The van der Waals surface area contributed by atoms with Crippen LogP contribution in [0.2, 0.25) is 5.02 Å². The van der Waals surface area contributed by atoms with E-state index < -0.39 is 23.0 Å². The van der Waals surface area contributed by atoms with E-state index in [1.807, 2.05) is 74.5 Å². The van der Waals surface area contributed by atoms with Gasteiger partial charge in [-0.15, -0.1) is 0 Å². The number of benzene rings is 3. The van der Waals surface area contributed by atoms with Gasteiger partial charge in [-0.2, -0.15) is 0 Å². The van der Waals surface area contributed by atoms with Gasteiger partial charge in [0.05, 0.1) is 23.4 Å². The number of hydrogen-bond acceptors (Lipinski definition) is 5. The Labute approximate surface area is 231 Å². The lowest BCUT2D eigenvalue weighted by Crippen LogP contribution is -2.25. The summed E-state index contributed by atoms with van der Waals surface area (Å²) in [7, 11) is 0. The predicted octanol–water partition coefficient (Wildman–Crippen LogP) is 6.21. The lowest BCUT2D eigenvalue weighted by atomic mass is 10.0. The van der Waals surface area contributed by atoms with Crippen LogP contribution in [0, 0.1) is 5.92 Å². The summed E-state index contributed by atoms with van der Waals surface area (Å²) in [6, 6.07) is 23.3. The molecule has 0 bridgehead atoms. The van der Waals surface area contributed by atoms with Gasteiger partial charge in [0.1, 0.15) is 30.3 Å². The summed E-state index contributed by atoms with van der Waals surface area (Å²) in [6.07, 6.45) is 1.27. The van der Waals surface area contributed by atoms with Gasteiger partial charge in [-0.3, -0.25) is 4.79 Å². The molecule has 0 spiro atoms. The quantitative estimate of drug-likeness (QED) is 0.231. The third kappa shape index (κ3) is 6.69. The molecule has 0 aliphatic heterocycles. The normalized spacial score (nSPS) is 11.8. The number of pyridine rings is 1.